The molecular weight excluding hydrogens is 264 g/mol. The number of rotatable bonds is 3. The van der Waals surface area contributed by atoms with Crippen molar-refractivity contribution in [2.24, 2.45) is 23.7 Å². The molecule has 0 spiro atoms. The van der Waals surface area contributed by atoms with E-state index in [4.69, 9.17) is 12.2 Å². The van der Waals surface area contributed by atoms with Gasteiger partial charge in [-0.2, -0.15) is 0 Å². The van der Waals surface area contributed by atoms with Crippen LogP contribution in [-0.4, -0.2) is 16.7 Å². The predicted molar refractivity (Wildman–Crippen MR) is 92.9 cm³/mol. The number of hydrogen-bond acceptors (Lipinski definition) is 1. The molecule has 0 aliphatic heterocycles. The van der Waals surface area contributed by atoms with Crippen molar-refractivity contribution in [3.05, 3.63) is 0 Å². The first-order valence-electron chi connectivity index (χ1n) is 8.20. The topological polar surface area (TPSA) is 24.1 Å². The highest BCUT2D eigenvalue weighted by molar-refractivity contribution is 7.80. The number of hydrogen-bond donors (Lipinski definition) is 2. The minimum Gasteiger partial charge on any atom is -0.359 e. The molecule has 3 heteroatoms. The molecule has 1 aliphatic rings. The van der Waals surface area contributed by atoms with Gasteiger partial charge in [0, 0.05) is 11.6 Å². The third-order valence-corrected chi connectivity index (χ3v) is 4.72. The Bertz CT molecular complexity index is 301. The zero-order chi connectivity index (χ0) is 15.5. The van der Waals surface area contributed by atoms with Gasteiger partial charge in [0.15, 0.2) is 5.11 Å². The summed E-state index contributed by atoms with van der Waals surface area (Å²) in [5, 5.41) is 7.88. The van der Waals surface area contributed by atoms with Crippen LogP contribution >= 0.6 is 12.2 Å². The molecule has 0 radical (unpaired) electrons. The van der Waals surface area contributed by atoms with Crippen LogP contribution < -0.4 is 10.6 Å². The molecule has 2 unspecified atom stereocenters. The first kappa shape index (κ1) is 17.7. The minimum absolute atomic E-state index is 0.0272. The van der Waals surface area contributed by atoms with E-state index in [0.717, 1.165) is 16.9 Å². The lowest BCUT2D eigenvalue weighted by Gasteiger charge is -2.43. The summed E-state index contributed by atoms with van der Waals surface area (Å²) in [4.78, 5) is 0. The van der Waals surface area contributed by atoms with E-state index in [0.29, 0.717) is 17.9 Å². The molecular formula is C17H34N2S. The number of thiocarbonyl (C=S) groups is 1. The summed E-state index contributed by atoms with van der Waals surface area (Å²) in [6, 6.07) is 0.520. The zero-order valence-electron chi connectivity index (χ0n) is 14.4. The van der Waals surface area contributed by atoms with Gasteiger partial charge in [0.1, 0.15) is 0 Å². The van der Waals surface area contributed by atoms with Gasteiger partial charge in [-0.3, -0.25) is 0 Å². The maximum Gasteiger partial charge on any atom is 0.166 e. The van der Waals surface area contributed by atoms with Gasteiger partial charge in [-0.25, -0.2) is 0 Å². The van der Waals surface area contributed by atoms with Crippen LogP contribution in [0.3, 0.4) is 0 Å². The fraction of sp³-hybridized carbons (Fsp3) is 0.941. The third kappa shape index (κ3) is 5.23. The smallest absolute Gasteiger partial charge is 0.166 e. The minimum atomic E-state index is 0.0272. The molecule has 1 aliphatic carbocycles. The Balaban J connectivity index is 2.79. The Kier molecular flexibility index (Phi) is 6.30. The second kappa shape index (κ2) is 7.11. The third-order valence-electron chi connectivity index (χ3n) is 4.50. The molecule has 2 atom stereocenters. The van der Waals surface area contributed by atoms with Crippen molar-refractivity contribution in [2.45, 2.75) is 79.3 Å². The van der Waals surface area contributed by atoms with Gasteiger partial charge in [0.25, 0.3) is 0 Å². The fourth-order valence-electron chi connectivity index (χ4n) is 3.50. The average Bonchev–Trinajstić information content (AvgIpc) is 2.25. The van der Waals surface area contributed by atoms with Crippen LogP contribution in [-0.2, 0) is 0 Å². The van der Waals surface area contributed by atoms with E-state index >= 15 is 0 Å². The summed E-state index contributed by atoms with van der Waals surface area (Å²) in [6.45, 7) is 15.9. The van der Waals surface area contributed by atoms with E-state index in [2.05, 4.69) is 59.1 Å². The van der Waals surface area contributed by atoms with E-state index < -0.39 is 0 Å². The largest absolute Gasteiger partial charge is 0.359 e. The Morgan fingerprint density at radius 1 is 1.00 bits per heavy atom. The van der Waals surface area contributed by atoms with Gasteiger partial charge in [0.05, 0.1) is 0 Å². The molecule has 1 rings (SSSR count). The van der Waals surface area contributed by atoms with Crippen molar-refractivity contribution in [1.29, 1.82) is 0 Å². The van der Waals surface area contributed by atoms with E-state index in [1.54, 1.807) is 0 Å². The zero-order valence-corrected chi connectivity index (χ0v) is 15.2. The molecule has 0 aromatic rings. The Labute approximate surface area is 131 Å². The molecule has 0 aromatic heterocycles. The van der Waals surface area contributed by atoms with Crippen molar-refractivity contribution in [2.75, 3.05) is 0 Å². The first-order valence-corrected chi connectivity index (χ1v) is 8.61. The number of nitrogens with one attached hydrogen (secondary N) is 2. The van der Waals surface area contributed by atoms with Gasteiger partial charge in [-0.1, -0.05) is 34.1 Å². The van der Waals surface area contributed by atoms with Crippen LogP contribution in [0.5, 0.6) is 0 Å². The monoisotopic (exact) mass is 298 g/mol. The standard InChI is InChI=1S/C17H34N2S/c1-11(2)13-9-8-10-14(12(3)4)15(13)18-16(20)19-17(5,6)7/h11-15H,8-10H2,1-7H3,(H2,18,19,20). The normalized spacial score (nSPS) is 27.8. The SMILES string of the molecule is CC(C)C1CCCC(C(C)C)C1NC(=S)NC(C)(C)C. The molecule has 20 heavy (non-hydrogen) atoms. The summed E-state index contributed by atoms with van der Waals surface area (Å²) in [7, 11) is 0. The molecule has 1 saturated carbocycles. The molecule has 0 saturated heterocycles. The summed E-state index contributed by atoms with van der Waals surface area (Å²) < 4.78 is 0. The van der Waals surface area contributed by atoms with Crippen LogP contribution in [0.15, 0.2) is 0 Å². The van der Waals surface area contributed by atoms with Crippen LogP contribution in [0.1, 0.15) is 67.7 Å². The van der Waals surface area contributed by atoms with E-state index in [1.165, 1.54) is 19.3 Å². The lowest BCUT2D eigenvalue weighted by Crippen LogP contribution is -2.56. The molecule has 2 nitrogen and oxygen atoms in total. The lowest BCUT2D eigenvalue weighted by atomic mass is 9.68. The summed E-state index contributed by atoms with van der Waals surface area (Å²) in [6.07, 6.45) is 4.02. The Morgan fingerprint density at radius 3 is 1.80 bits per heavy atom. The van der Waals surface area contributed by atoms with Crippen LogP contribution in [0, 0.1) is 23.7 Å². The van der Waals surface area contributed by atoms with Crippen molar-refractivity contribution in [3.63, 3.8) is 0 Å². The maximum absolute atomic E-state index is 5.54. The first-order chi connectivity index (χ1) is 9.11. The van der Waals surface area contributed by atoms with E-state index in [-0.39, 0.29) is 5.54 Å². The molecule has 1 fully saturated rings. The predicted octanol–water partition coefficient (Wildman–Crippen LogP) is 4.35. The van der Waals surface area contributed by atoms with Gasteiger partial charge in [-0.15, -0.1) is 0 Å². The molecule has 2 N–H and O–H groups in total. The van der Waals surface area contributed by atoms with Crippen LogP contribution in [0.4, 0.5) is 0 Å². The van der Waals surface area contributed by atoms with Crippen LogP contribution in [0.2, 0.25) is 0 Å². The lowest BCUT2D eigenvalue weighted by molar-refractivity contribution is 0.127. The second-order valence-electron chi connectivity index (χ2n) is 8.12. The summed E-state index contributed by atoms with van der Waals surface area (Å²) >= 11 is 5.54. The van der Waals surface area contributed by atoms with E-state index in [9.17, 15) is 0 Å². The highest BCUT2D eigenvalue weighted by Gasteiger charge is 2.36. The van der Waals surface area contributed by atoms with Gasteiger partial charge in [-0.05, 0) is 69.5 Å². The maximum atomic E-state index is 5.54. The Hall–Kier alpha value is -0.310. The van der Waals surface area contributed by atoms with Crippen molar-refractivity contribution < 1.29 is 0 Å². The molecule has 0 heterocycles. The highest BCUT2D eigenvalue weighted by Crippen LogP contribution is 2.37. The van der Waals surface area contributed by atoms with Crippen LogP contribution in [0.25, 0.3) is 0 Å². The second-order valence-corrected chi connectivity index (χ2v) is 8.53. The van der Waals surface area contributed by atoms with Gasteiger partial charge >= 0.3 is 0 Å². The van der Waals surface area contributed by atoms with Crippen molar-refractivity contribution in [3.8, 4) is 0 Å². The molecule has 0 bridgehead atoms. The van der Waals surface area contributed by atoms with Gasteiger partial charge < -0.3 is 10.6 Å². The van der Waals surface area contributed by atoms with Crippen molar-refractivity contribution >= 4 is 17.3 Å². The molecule has 0 aromatic carbocycles. The molecule has 0 amide bonds. The fourth-order valence-corrected chi connectivity index (χ4v) is 3.95. The summed E-state index contributed by atoms with van der Waals surface area (Å²) in [5.74, 6) is 2.89. The average molecular weight is 299 g/mol. The van der Waals surface area contributed by atoms with Crippen molar-refractivity contribution in [1.82, 2.24) is 10.6 Å². The quantitative estimate of drug-likeness (QED) is 0.758. The van der Waals surface area contributed by atoms with E-state index in [1.807, 2.05) is 0 Å². The molecule has 118 valence electrons. The van der Waals surface area contributed by atoms with Gasteiger partial charge in [0.2, 0.25) is 0 Å². The highest BCUT2D eigenvalue weighted by atomic mass is 32.1. The summed E-state index contributed by atoms with van der Waals surface area (Å²) in [5.41, 5.74) is 0.0272. The Morgan fingerprint density at radius 2 is 1.45 bits per heavy atom.